The van der Waals surface area contributed by atoms with Crippen LogP contribution in [0.25, 0.3) is 0 Å². The summed E-state index contributed by atoms with van der Waals surface area (Å²) in [5.74, 6) is -2.56. The molecule has 1 aromatic rings. The standard InChI is InChI=1S/C22H32O6/c1-16(2)11-9-7-5-3-4-6-8-10-14-28-22(27)18-13-12-17(20(23)24)15-19(18)21(25)26/h12-13,15-16H,3-11,14H2,1-2H3,(H,23,24)(H,25,26). The number of ether oxygens (including phenoxy) is 1. The second-order valence-corrected chi connectivity index (χ2v) is 7.52. The Labute approximate surface area is 166 Å². The van der Waals surface area contributed by atoms with Crippen LogP contribution in [0.2, 0.25) is 0 Å². The molecule has 0 amide bonds. The van der Waals surface area contributed by atoms with Gasteiger partial charge in [-0.2, -0.15) is 0 Å². The lowest BCUT2D eigenvalue weighted by Crippen LogP contribution is -2.13. The highest BCUT2D eigenvalue weighted by Crippen LogP contribution is 2.15. The van der Waals surface area contributed by atoms with Crippen molar-refractivity contribution in [3.05, 3.63) is 34.9 Å². The van der Waals surface area contributed by atoms with Gasteiger partial charge < -0.3 is 14.9 Å². The number of carbonyl (C=O) groups excluding carboxylic acids is 1. The molecule has 28 heavy (non-hydrogen) atoms. The van der Waals surface area contributed by atoms with Crippen LogP contribution in [-0.4, -0.2) is 34.7 Å². The molecule has 1 rings (SSSR count). The van der Waals surface area contributed by atoms with Crippen LogP contribution in [-0.2, 0) is 4.74 Å². The Morgan fingerprint density at radius 1 is 0.821 bits per heavy atom. The van der Waals surface area contributed by atoms with Gasteiger partial charge in [0.15, 0.2) is 0 Å². The van der Waals surface area contributed by atoms with Crippen LogP contribution in [0.15, 0.2) is 18.2 Å². The molecule has 2 N–H and O–H groups in total. The highest BCUT2D eigenvalue weighted by atomic mass is 16.5. The molecule has 0 fully saturated rings. The summed E-state index contributed by atoms with van der Waals surface area (Å²) in [5.41, 5.74) is -0.667. The third-order valence-electron chi connectivity index (χ3n) is 4.63. The molecular formula is C22H32O6. The molecule has 0 aromatic heterocycles. The van der Waals surface area contributed by atoms with E-state index in [4.69, 9.17) is 9.84 Å². The molecule has 0 radical (unpaired) electrons. The first-order valence-corrected chi connectivity index (χ1v) is 10.1. The molecule has 6 nitrogen and oxygen atoms in total. The van der Waals surface area contributed by atoms with E-state index in [2.05, 4.69) is 13.8 Å². The third kappa shape index (κ3) is 9.02. The zero-order valence-electron chi connectivity index (χ0n) is 16.9. The molecule has 6 heteroatoms. The SMILES string of the molecule is CC(C)CCCCCCCCCCOC(=O)c1ccc(C(=O)O)cc1C(=O)O. The number of carbonyl (C=O) groups is 3. The Hall–Kier alpha value is -2.37. The summed E-state index contributed by atoms with van der Waals surface area (Å²) in [4.78, 5) is 34.3. The van der Waals surface area contributed by atoms with Gasteiger partial charge in [-0.25, -0.2) is 14.4 Å². The van der Waals surface area contributed by atoms with E-state index in [1.54, 1.807) is 0 Å². The lowest BCUT2D eigenvalue weighted by Gasteiger charge is -2.08. The van der Waals surface area contributed by atoms with Crippen molar-refractivity contribution in [2.45, 2.75) is 71.6 Å². The zero-order valence-corrected chi connectivity index (χ0v) is 16.9. The number of carboxylic acid groups (broad SMARTS) is 2. The van der Waals surface area contributed by atoms with Crippen molar-refractivity contribution in [3.8, 4) is 0 Å². The van der Waals surface area contributed by atoms with Gasteiger partial charge in [0, 0.05) is 0 Å². The first kappa shape index (κ1) is 23.7. The molecular weight excluding hydrogens is 360 g/mol. The average Bonchev–Trinajstić information content (AvgIpc) is 2.64. The van der Waals surface area contributed by atoms with Crippen LogP contribution in [0.3, 0.4) is 0 Å². The normalized spacial score (nSPS) is 10.8. The molecule has 156 valence electrons. The fraction of sp³-hybridized carbons (Fsp3) is 0.591. The van der Waals surface area contributed by atoms with E-state index in [0.717, 1.165) is 31.2 Å². The van der Waals surface area contributed by atoms with Crippen LogP contribution < -0.4 is 0 Å². The number of unbranched alkanes of at least 4 members (excludes halogenated alkanes) is 7. The van der Waals surface area contributed by atoms with Crippen molar-refractivity contribution >= 4 is 17.9 Å². The maximum atomic E-state index is 12.1. The first-order valence-electron chi connectivity index (χ1n) is 10.1. The number of aromatic carboxylic acids is 2. The summed E-state index contributed by atoms with van der Waals surface area (Å²) in [6.45, 7) is 4.73. The van der Waals surface area contributed by atoms with E-state index in [0.29, 0.717) is 0 Å². The topological polar surface area (TPSA) is 101 Å². The maximum absolute atomic E-state index is 12.1. The molecule has 0 atom stereocenters. The predicted molar refractivity (Wildman–Crippen MR) is 107 cm³/mol. The van der Waals surface area contributed by atoms with Crippen molar-refractivity contribution in [2.75, 3.05) is 6.61 Å². The van der Waals surface area contributed by atoms with E-state index in [1.807, 2.05) is 0 Å². The third-order valence-corrected chi connectivity index (χ3v) is 4.63. The van der Waals surface area contributed by atoms with Crippen LogP contribution in [0, 0.1) is 5.92 Å². The smallest absolute Gasteiger partial charge is 0.339 e. The van der Waals surface area contributed by atoms with E-state index < -0.39 is 17.9 Å². The summed E-state index contributed by atoms with van der Waals surface area (Å²) in [7, 11) is 0. The van der Waals surface area contributed by atoms with Crippen molar-refractivity contribution < 1.29 is 29.3 Å². The van der Waals surface area contributed by atoms with Gasteiger partial charge >= 0.3 is 17.9 Å². The number of hydrogen-bond acceptors (Lipinski definition) is 4. The number of benzene rings is 1. The summed E-state index contributed by atoms with van der Waals surface area (Å²) >= 11 is 0. The minimum atomic E-state index is -1.36. The van der Waals surface area contributed by atoms with Crippen molar-refractivity contribution in [1.82, 2.24) is 0 Å². The lowest BCUT2D eigenvalue weighted by molar-refractivity contribution is 0.0486. The molecule has 0 aliphatic heterocycles. The highest BCUT2D eigenvalue weighted by molar-refractivity contribution is 6.04. The molecule has 0 heterocycles. The molecule has 1 aromatic carbocycles. The van der Waals surface area contributed by atoms with Crippen LogP contribution >= 0.6 is 0 Å². The van der Waals surface area contributed by atoms with Gasteiger partial charge in [-0.05, 0) is 30.5 Å². The number of carboxylic acids is 2. The minimum Gasteiger partial charge on any atom is -0.478 e. The van der Waals surface area contributed by atoms with Gasteiger partial charge in [-0.1, -0.05) is 65.2 Å². The number of rotatable bonds is 14. The average molecular weight is 392 g/mol. The summed E-state index contributed by atoms with van der Waals surface area (Å²) in [5, 5.41) is 18.1. The predicted octanol–water partition coefficient (Wildman–Crippen LogP) is 5.41. The Morgan fingerprint density at radius 2 is 1.39 bits per heavy atom. The van der Waals surface area contributed by atoms with E-state index in [9.17, 15) is 19.5 Å². The van der Waals surface area contributed by atoms with Gasteiger partial charge in [-0.3, -0.25) is 0 Å². The van der Waals surface area contributed by atoms with Gasteiger partial charge in [-0.15, -0.1) is 0 Å². The zero-order chi connectivity index (χ0) is 20.9. The fourth-order valence-corrected chi connectivity index (χ4v) is 2.99. The Kier molecular flexibility index (Phi) is 10.9. The minimum absolute atomic E-state index is 0.126. The van der Waals surface area contributed by atoms with Crippen molar-refractivity contribution in [3.63, 3.8) is 0 Å². The monoisotopic (exact) mass is 392 g/mol. The van der Waals surface area contributed by atoms with E-state index in [-0.39, 0.29) is 23.3 Å². The lowest BCUT2D eigenvalue weighted by atomic mass is 10.0. The number of esters is 1. The second-order valence-electron chi connectivity index (χ2n) is 7.52. The Bertz CT molecular complexity index is 650. The Balaban J connectivity index is 2.25. The summed E-state index contributed by atoms with van der Waals surface area (Å²) < 4.78 is 5.15. The highest BCUT2D eigenvalue weighted by Gasteiger charge is 2.20. The molecule has 0 saturated heterocycles. The van der Waals surface area contributed by atoms with Crippen molar-refractivity contribution in [2.24, 2.45) is 5.92 Å². The quantitative estimate of drug-likeness (QED) is 0.324. The molecule has 0 saturated carbocycles. The summed E-state index contributed by atoms with van der Waals surface area (Å²) in [6, 6.07) is 3.36. The molecule has 0 aliphatic carbocycles. The second kappa shape index (κ2) is 12.9. The first-order chi connectivity index (χ1) is 13.3. The van der Waals surface area contributed by atoms with E-state index in [1.165, 1.54) is 50.7 Å². The van der Waals surface area contributed by atoms with Crippen LogP contribution in [0.5, 0.6) is 0 Å². The maximum Gasteiger partial charge on any atom is 0.339 e. The Morgan fingerprint density at radius 3 is 1.93 bits per heavy atom. The van der Waals surface area contributed by atoms with Gasteiger partial charge in [0.1, 0.15) is 0 Å². The largest absolute Gasteiger partial charge is 0.478 e. The molecule has 0 unspecified atom stereocenters. The summed E-state index contributed by atoms with van der Waals surface area (Å²) in [6.07, 6.45) is 10.4. The van der Waals surface area contributed by atoms with Crippen LogP contribution in [0.4, 0.5) is 0 Å². The number of hydrogen-bond donors (Lipinski definition) is 2. The van der Waals surface area contributed by atoms with E-state index >= 15 is 0 Å². The molecule has 0 aliphatic rings. The molecule has 0 bridgehead atoms. The van der Waals surface area contributed by atoms with Gasteiger partial charge in [0.2, 0.25) is 0 Å². The molecule has 0 spiro atoms. The van der Waals surface area contributed by atoms with Crippen LogP contribution in [0.1, 0.15) is 103 Å². The van der Waals surface area contributed by atoms with Gasteiger partial charge in [0.25, 0.3) is 0 Å². The van der Waals surface area contributed by atoms with Gasteiger partial charge in [0.05, 0.1) is 23.3 Å². The van der Waals surface area contributed by atoms with Crippen molar-refractivity contribution in [1.29, 1.82) is 0 Å². The fourth-order valence-electron chi connectivity index (χ4n) is 2.99.